The molecule has 2 saturated carbocycles. The number of nitrogens with one attached hydrogen (secondary N) is 2. The average Bonchev–Trinajstić information content (AvgIpc) is 3.71. The second-order valence-electron chi connectivity index (χ2n) is 11.1. The fourth-order valence-corrected chi connectivity index (χ4v) is 5.23. The highest BCUT2D eigenvalue weighted by atomic mass is 32.2. The maximum absolute atomic E-state index is 13.2. The third kappa shape index (κ3) is 9.33. The second kappa shape index (κ2) is 12.8. The second-order valence-corrected chi connectivity index (χ2v) is 12.3. The van der Waals surface area contributed by atoms with Gasteiger partial charge in [-0.05, 0) is 90.0 Å². The normalized spacial score (nSPS) is 24.4. The molecule has 10 heteroatoms. The fraction of sp³-hybridized carbons (Fsp3) is 0.769. The molecule has 1 heterocycles. The molecule has 36 heavy (non-hydrogen) atoms. The van der Waals surface area contributed by atoms with Crippen LogP contribution in [0.15, 0.2) is 12.2 Å². The molecule has 4 N–H and O–H groups in total. The number of carbonyl (C=O) groups is 4. The third-order valence-electron chi connectivity index (χ3n) is 6.63. The minimum Gasteiger partial charge on any atom is -0.444 e. The van der Waals surface area contributed by atoms with Crippen LogP contribution in [0, 0.1) is 11.8 Å². The summed E-state index contributed by atoms with van der Waals surface area (Å²) in [5.41, 5.74) is 4.81. The van der Waals surface area contributed by atoms with E-state index in [1.165, 1.54) is 17.7 Å². The maximum atomic E-state index is 13.2. The summed E-state index contributed by atoms with van der Waals surface area (Å²) in [4.78, 5) is 50.9. The molecule has 3 unspecified atom stereocenters. The van der Waals surface area contributed by atoms with Gasteiger partial charge in [0.1, 0.15) is 17.7 Å². The van der Waals surface area contributed by atoms with Crippen molar-refractivity contribution in [2.45, 2.75) is 108 Å². The average molecular weight is 523 g/mol. The summed E-state index contributed by atoms with van der Waals surface area (Å²) in [5, 5.41) is 3.33. The molecule has 3 rings (SSSR count). The van der Waals surface area contributed by atoms with E-state index in [9.17, 15) is 19.2 Å². The van der Waals surface area contributed by atoms with Gasteiger partial charge in [0.05, 0.1) is 0 Å². The number of alkyl carbamates (subject to hydrolysis) is 1. The molecular weight excluding hydrogens is 480 g/mol. The molecule has 0 bridgehead atoms. The smallest absolute Gasteiger partial charge is 0.408 e. The Labute approximate surface area is 218 Å². The molecular formula is C26H42N4O5S. The first-order valence-corrected chi connectivity index (χ1v) is 14.1. The number of amides is 4. The number of ether oxygens (including phenoxy) is 1. The summed E-state index contributed by atoms with van der Waals surface area (Å²) in [6.07, 6.45) is 12.2. The zero-order valence-corrected chi connectivity index (χ0v) is 22.6. The molecule has 9 nitrogen and oxygen atoms in total. The van der Waals surface area contributed by atoms with Crippen LogP contribution in [0.3, 0.4) is 0 Å². The largest absolute Gasteiger partial charge is 0.444 e. The molecule has 1 saturated heterocycles. The van der Waals surface area contributed by atoms with Gasteiger partial charge >= 0.3 is 6.09 Å². The van der Waals surface area contributed by atoms with Gasteiger partial charge in [-0.3, -0.25) is 19.1 Å². The molecule has 3 aliphatic rings. The lowest BCUT2D eigenvalue weighted by molar-refractivity contribution is -0.139. The van der Waals surface area contributed by atoms with Crippen LogP contribution in [-0.2, 0) is 19.1 Å². The first-order chi connectivity index (χ1) is 17.0. The van der Waals surface area contributed by atoms with E-state index in [1.807, 2.05) is 0 Å². The Kier molecular flexibility index (Phi) is 10.1. The summed E-state index contributed by atoms with van der Waals surface area (Å²) in [7, 11) is 0. The van der Waals surface area contributed by atoms with Crippen LogP contribution in [0.2, 0.25) is 0 Å². The van der Waals surface area contributed by atoms with Crippen molar-refractivity contribution < 1.29 is 23.9 Å². The molecule has 202 valence electrons. The summed E-state index contributed by atoms with van der Waals surface area (Å²) in [6.45, 7) is 5.76. The molecule has 3 fully saturated rings. The van der Waals surface area contributed by atoms with Crippen LogP contribution in [0.5, 0.6) is 0 Å². The van der Waals surface area contributed by atoms with Crippen molar-refractivity contribution >= 4 is 35.8 Å². The highest BCUT2D eigenvalue weighted by Crippen LogP contribution is 2.41. The summed E-state index contributed by atoms with van der Waals surface area (Å²) in [6, 6.07) is -1.37. The van der Waals surface area contributed by atoms with Gasteiger partial charge in [0.15, 0.2) is 0 Å². The number of likely N-dealkylation sites (tertiary alicyclic amines) is 1. The van der Waals surface area contributed by atoms with Crippen molar-refractivity contribution in [3.63, 3.8) is 0 Å². The molecule has 4 atom stereocenters. The lowest BCUT2D eigenvalue weighted by Gasteiger charge is -2.28. The van der Waals surface area contributed by atoms with Crippen molar-refractivity contribution in [3.8, 4) is 0 Å². The predicted molar refractivity (Wildman–Crippen MR) is 140 cm³/mol. The predicted octanol–water partition coefficient (Wildman–Crippen LogP) is 3.43. The maximum Gasteiger partial charge on any atom is 0.408 e. The Morgan fingerprint density at radius 1 is 1.14 bits per heavy atom. The number of rotatable bonds is 13. The quantitative estimate of drug-likeness (QED) is 0.193. The Bertz CT molecular complexity index is 839. The minimum atomic E-state index is -0.755. The molecule has 1 aliphatic heterocycles. The number of carbonyl (C=O) groups excluding carboxylic acids is 4. The van der Waals surface area contributed by atoms with E-state index in [-0.39, 0.29) is 17.7 Å². The summed E-state index contributed by atoms with van der Waals surface area (Å²) >= 11 is 1.57. The van der Waals surface area contributed by atoms with Crippen molar-refractivity contribution in [1.29, 1.82) is 0 Å². The lowest BCUT2D eigenvalue weighted by Crippen LogP contribution is -2.53. The summed E-state index contributed by atoms with van der Waals surface area (Å²) in [5.74, 6) is -0.163. The summed E-state index contributed by atoms with van der Waals surface area (Å²) < 4.78 is 8.32. The number of nitrogens with zero attached hydrogens (tertiary/aromatic N) is 1. The van der Waals surface area contributed by atoms with E-state index < -0.39 is 29.7 Å². The number of hydrogen-bond acceptors (Lipinski definition) is 6. The zero-order valence-electron chi connectivity index (χ0n) is 21.8. The standard InChI is InChI=1S/C26H42N4O5S/c1-26(2,3)35-25(34)28-20(24(33)30-15-9-12-21(30)22(27)31)11-8-6-4-5-7-10-17-16-19(17)23(32)29-36-18-13-14-18/h7,10,17-21H,4-6,8-9,11-16H2,1-3H3,(H2,27,31)(H,28,34)(H,29,32)/b10-7-/t17?,19?,20-,21?/m0/s1. The van der Waals surface area contributed by atoms with Gasteiger partial charge in [-0.2, -0.15) is 0 Å². The zero-order chi connectivity index (χ0) is 26.3. The minimum absolute atomic E-state index is 0.119. The van der Waals surface area contributed by atoms with E-state index in [4.69, 9.17) is 10.5 Å². The molecule has 0 aromatic rings. The van der Waals surface area contributed by atoms with E-state index in [0.717, 1.165) is 32.1 Å². The van der Waals surface area contributed by atoms with Crippen LogP contribution in [0.25, 0.3) is 0 Å². The van der Waals surface area contributed by atoms with Gasteiger partial charge in [0.2, 0.25) is 17.7 Å². The van der Waals surface area contributed by atoms with Crippen LogP contribution in [0.4, 0.5) is 4.79 Å². The fourth-order valence-electron chi connectivity index (χ4n) is 4.42. The Hall–Kier alpha value is -2.23. The van der Waals surface area contributed by atoms with Gasteiger partial charge in [0, 0.05) is 17.7 Å². The van der Waals surface area contributed by atoms with Crippen molar-refractivity contribution in [2.75, 3.05) is 6.54 Å². The number of hydrogen-bond donors (Lipinski definition) is 3. The Balaban J connectivity index is 1.39. The van der Waals surface area contributed by atoms with Gasteiger partial charge in [-0.25, -0.2) is 4.79 Å². The van der Waals surface area contributed by atoms with Gasteiger partial charge in [-0.1, -0.05) is 25.0 Å². The number of allylic oxidation sites excluding steroid dienone is 2. The lowest BCUT2D eigenvalue weighted by atomic mass is 10.0. The number of nitrogens with two attached hydrogens (primary N) is 1. The van der Waals surface area contributed by atoms with E-state index in [0.29, 0.717) is 37.0 Å². The molecule has 0 aromatic heterocycles. The molecule has 0 spiro atoms. The third-order valence-corrected chi connectivity index (χ3v) is 7.75. The monoisotopic (exact) mass is 522 g/mol. The van der Waals surface area contributed by atoms with Gasteiger partial charge in [0.25, 0.3) is 0 Å². The van der Waals surface area contributed by atoms with E-state index in [1.54, 1.807) is 32.7 Å². The SMILES string of the molecule is CC(C)(C)OC(=O)N[C@@H](CCCCC/C=C\C1CC1C(=O)NSC1CC1)C(=O)N1CCCC1C(N)=O. The van der Waals surface area contributed by atoms with Crippen molar-refractivity contribution in [2.24, 2.45) is 17.6 Å². The highest BCUT2D eigenvalue weighted by Gasteiger charge is 2.41. The Morgan fingerprint density at radius 3 is 2.56 bits per heavy atom. The molecule has 2 aliphatic carbocycles. The van der Waals surface area contributed by atoms with E-state index in [2.05, 4.69) is 22.2 Å². The first-order valence-electron chi connectivity index (χ1n) is 13.3. The molecule has 4 amide bonds. The van der Waals surface area contributed by atoms with Crippen LogP contribution in [0.1, 0.15) is 85.0 Å². The van der Waals surface area contributed by atoms with Crippen LogP contribution >= 0.6 is 11.9 Å². The highest BCUT2D eigenvalue weighted by molar-refractivity contribution is 7.98. The topological polar surface area (TPSA) is 131 Å². The number of primary amides is 1. The first kappa shape index (κ1) is 28.3. The molecule has 0 aromatic carbocycles. The van der Waals surface area contributed by atoms with Gasteiger partial charge in [-0.15, -0.1) is 0 Å². The Morgan fingerprint density at radius 2 is 1.89 bits per heavy atom. The van der Waals surface area contributed by atoms with Crippen LogP contribution in [-0.4, -0.2) is 58.2 Å². The number of unbranched alkanes of at least 4 members (excludes halogenated alkanes) is 3. The van der Waals surface area contributed by atoms with Crippen LogP contribution < -0.4 is 15.8 Å². The van der Waals surface area contributed by atoms with Crippen molar-refractivity contribution in [3.05, 3.63) is 12.2 Å². The molecule has 0 radical (unpaired) electrons. The van der Waals surface area contributed by atoms with Crippen molar-refractivity contribution in [1.82, 2.24) is 14.9 Å². The van der Waals surface area contributed by atoms with Gasteiger partial charge < -0.3 is 20.7 Å². The van der Waals surface area contributed by atoms with E-state index >= 15 is 0 Å².